The van der Waals surface area contributed by atoms with Gasteiger partial charge in [0.1, 0.15) is 35.6 Å². The standard InChI is InChI=1S/C47H54NO18P.2Ac/c1-6-60-43(54)65-36(34(27-16-10-7-11-17-27)48-40(51)28-18-12-8-13-19-28)42(53)64-30-23-47(56)39(66-41(52)29-20-14-9-15-21-29)37-45(5,38(50)35(49)33(26(30)2)44(47,3)4)31(62-25-63-67(57,58)59)22-32-46(37,55)24-61-32;;/h7-21,30-32,34-37,39,49,55-56H,6,22-25H2,1-5H3,(H,48,51)(H2,57,58,59);;/t30?,31?,32?,34?,35?,36?,37?,39?,45-,46?,47?;;/m1../s1. The van der Waals surface area contributed by atoms with Crippen LogP contribution in [0.3, 0.4) is 0 Å². The average molecular weight is 1410 g/mol. The summed E-state index contributed by atoms with van der Waals surface area (Å²) in [5.74, 6) is -5.61. The van der Waals surface area contributed by atoms with Crippen LogP contribution in [0.1, 0.15) is 79.8 Å². The van der Waals surface area contributed by atoms with Crippen LogP contribution in [0, 0.1) is 105 Å². The van der Waals surface area contributed by atoms with Crippen LogP contribution in [0.25, 0.3) is 0 Å². The van der Waals surface area contributed by atoms with E-state index in [0.29, 0.717) is 5.56 Å². The Labute approximate surface area is 469 Å². The van der Waals surface area contributed by atoms with Crippen LogP contribution >= 0.6 is 7.82 Å². The Morgan fingerprint density at radius 1 is 0.884 bits per heavy atom. The van der Waals surface area contributed by atoms with Gasteiger partial charge in [-0.1, -0.05) is 80.6 Å². The summed E-state index contributed by atoms with van der Waals surface area (Å²) in [7, 11) is -5.11. The van der Waals surface area contributed by atoms with Gasteiger partial charge >= 0.3 is 25.9 Å². The Balaban J connectivity index is 0.00000444. The summed E-state index contributed by atoms with van der Waals surface area (Å²) in [6.45, 7) is 5.63. The van der Waals surface area contributed by atoms with Gasteiger partial charge in [-0.3, -0.25) is 14.1 Å². The molecule has 11 atom stereocenters. The number of hydrogen-bond acceptors (Lipinski definition) is 16. The normalized spacial score (nSPS) is 29.8. The zero-order chi connectivity index (χ0) is 48.7. The molecular formula is C47H54Ac2NO18P. The first-order valence-electron chi connectivity index (χ1n) is 21.6. The number of nitrogens with one attached hydrogen (secondary N) is 1. The first-order valence-corrected chi connectivity index (χ1v) is 23.1. The zero-order valence-corrected chi connectivity index (χ0v) is 48.8. The number of benzene rings is 3. The number of hydrogen-bond donors (Lipinski definition) is 6. The van der Waals surface area contributed by atoms with Crippen molar-refractivity contribution in [3.8, 4) is 0 Å². The van der Waals surface area contributed by atoms with Gasteiger partial charge in [-0.2, -0.15) is 0 Å². The molecule has 3 aromatic carbocycles. The van der Waals surface area contributed by atoms with Crippen LogP contribution in [-0.4, -0.2) is 123 Å². The molecule has 3 aromatic rings. The fourth-order valence-electron chi connectivity index (χ4n) is 10.3. The molecule has 1 amide bonds. The molecule has 0 aromatic heterocycles. The van der Waals surface area contributed by atoms with Crippen molar-refractivity contribution in [2.24, 2.45) is 16.7 Å². The largest absolute Gasteiger partial charge is 0.509 e. The van der Waals surface area contributed by atoms with E-state index in [-0.39, 0.29) is 123 Å². The summed E-state index contributed by atoms with van der Waals surface area (Å²) in [5, 5.41) is 41.5. The first-order chi connectivity index (χ1) is 31.6. The van der Waals surface area contributed by atoms with Crippen LogP contribution in [0.15, 0.2) is 102 Å². The van der Waals surface area contributed by atoms with E-state index >= 15 is 4.79 Å². The Morgan fingerprint density at radius 2 is 1.46 bits per heavy atom. The summed E-state index contributed by atoms with van der Waals surface area (Å²) >= 11 is 0. The Hall–Kier alpha value is -2.46. The quantitative estimate of drug-likeness (QED) is 0.0439. The number of phosphoric acid groups is 1. The van der Waals surface area contributed by atoms with Gasteiger partial charge in [-0.15, -0.1) is 0 Å². The van der Waals surface area contributed by atoms with Crippen molar-refractivity contribution < 1.29 is 175 Å². The molecule has 1 saturated heterocycles. The minimum atomic E-state index is -5.11. The van der Waals surface area contributed by atoms with Crippen LogP contribution in [0.4, 0.5) is 4.79 Å². The molecule has 10 unspecified atom stereocenters. The fourth-order valence-corrected chi connectivity index (χ4v) is 10.5. The summed E-state index contributed by atoms with van der Waals surface area (Å²) in [4.78, 5) is 90.2. The SMILES string of the molecule is CCOC(=O)OC(C(=O)OC1CC2(O)C(OC(=O)c3ccccc3)C3C4(O)COC4CC(OCOP(=O)(O)O)[C@@]3(C)C(=O)C(O)C(=C1C)C2(C)C)C(NC(=O)c1ccccc1)c1ccccc1.[Ac].[Ac]. The number of fused-ring (bicyclic) bond motifs is 5. The van der Waals surface area contributed by atoms with E-state index in [1.54, 1.807) is 66.7 Å². The van der Waals surface area contributed by atoms with E-state index in [2.05, 4.69) is 9.84 Å². The number of aliphatic hydroxyl groups excluding tert-OH is 1. The predicted molar refractivity (Wildman–Crippen MR) is 231 cm³/mol. The maximum Gasteiger partial charge on any atom is 0.509 e. The monoisotopic (exact) mass is 1410 g/mol. The van der Waals surface area contributed by atoms with Crippen LogP contribution in [-0.2, 0) is 47.1 Å². The Morgan fingerprint density at radius 3 is 2.01 bits per heavy atom. The summed E-state index contributed by atoms with van der Waals surface area (Å²) in [6, 6.07) is 22.4. The summed E-state index contributed by atoms with van der Waals surface area (Å²) in [5.41, 5.74) is -8.00. The Kier molecular flexibility index (Phi) is 18.9. The molecule has 2 saturated carbocycles. The van der Waals surface area contributed by atoms with Crippen molar-refractivity contribution in [3.63, 3.8) is 0 Å². The van der Waals surface area contributed by atoms with Crippen molar-refractivity contribution >= 4 is 37.6 Å². The number of esters is 2. The third-order valence-electron chi connectivity index (χ3n) is 13.8. The minimum Gasteiger partial charge on any atom is -0.455 e. The minimum absolute atomic E-state index is 0. The molecule has 3 fully saturated rings. The Bertz CT molecular complexity index is 2440. The number of carbonyl (C=O) groups is 5. The topological polar surface area (TPSA) is 280 Å². The average Bonchev–Trinajstić information content (AvgIpc) is 3.29. The predicted octanol–water partition coefficient (Wildman–Crippen LogP) is 3.87. The van der Waals surface area contributed by atoms with Gasteiger partial charge in [0, 0.05) is 118 Å². The van der Waals surface area contributed by atoms with Crippen LogP contribution in [0.2, 0.25) is 0 Å². The number of Topliss-reactive ketones (excluding diaryl/α,β-unsaturated/α-hetero) is 1. The maximum atomic E-state index is 15.3. The van der Waals surface area contributed by atoms with Gasteiger partial charge in [0.25, 0.3) is 5.91 Å². The number of ether oxygens (including phenoxy) is 6. The van der Waals surface area contributed by atoms with Gasteiger partial charge in [-0.25, -0.2) is 18.9 Å². The second-order valence-electron chi connectivity index (χ2n) is 17.9. The molecule has 1 heterocycles. The van der Waals surface area contributed by atoms with E-state index in [1.807, 2.05) is 0 Å². The van der Waals surface area contributed by atoms with E-state index in [1.165, 1.54) is 58.9 Å². The second kappa shape index (κ2) is 22.8. The molecular weight excluding hydrogens is 1350 g/mol. The van der Waals surface area contributed by atoms with Crippen LogP contribution < -0.4 is 5.32 Å². The molecule has 2 radical (unpaired) electrons. The molecule has 19 nitrogen and oxygen atoms in total. The van der Waals surface area contributed by atoms with E-state index < -0.39 is 128 Å². The molecule has 0 spiro atoms. The summed E-state index contributed by atoms with van der Waals surface area (Å²) < 4.78 is 51.1. The molecule has 366 valence electrons. The number of carbonyl (C=O) groups excluding carboxylic acids is 5. The number of rotatable bonds is 14. The maximum absolute atomic E-state index is 15.3. The first kappa shape index (κ1) is 57.4. The molecule has 6 N–H and O–H groups in total. The number of ketones is 1. The van der Waals surface area contributed by atoms with E-state index in [9.17, 15) is 48.8 Å². The molecule has 3 aliphatic carbocycles. The zero-order valence-electron chi connectivity index (χ0n) is 38.5. The van der Waals surface area contributed by atoms with Gasteiger partial charge < -0.3 is 58.8 Å². The van der Waals surface area contributed by atoms with E-state index in [0.717, 1.165) is 0 Å². The molecule has 69 heavy (non-hydrogen) atoms. The number of phosphoric ester groups is 1. The van der Waals surface area contributed by atoms with Gasteiger partial charge in [-0.05, 0) is 61.7 Å². The third-order valence-corrected chi connectivity index (χ3v) is 14.3. The molecule has 22 heteroatoms. The fraction of sp³-hybridized carbons (Fsp3) is 0.468. The number of aliphatic hydroxyl groups is 3. The molecule has 4 aliphatic rings. The van der Waals surface area contributed by atoms with Crippen LogP contribution in [0.5, 0.6) is 0 Å². The van der Waals surface area contributed by atoms with Crippen molar-refractivity contribution in [1.29, 1.82) is 0 Å². The van der Waals surface area contributed by atoms with Crippen molar-refractivity contribution in [1.82, 2.24) is 5.32 Å². The number of amides is 1. The van der Waals surface area contributed by atoms with Gasteiger partial charge in [0.2, 0.25) is 6.10 Å². The van der Waals surface area contributed by atoms with Gasteiger partial charge in [0.15, 0.2) is 12.6 Å². The van der Waals surface area contributed by atoms with Crippen molar-refractivity contribution in [2.45, 2.75) is 101 Å². The summed E-state index contributed by atoms with van der Waals surface area (Å²) in [6.07, 6.45) is -12.4. The third kappa shape index (κ3) is 11.2. The molecule has 1 aliphatic heterocycles. The van der Waals surface area contributed by atoms with E-state index in [4.69, 9.17) is 28.4 Å². The second-order valence-corrected chi connectivity index (χ2v) is 19.1. The van der Waals surface area contributed by atoms with Crippen molar-refractivity contribution in [3.05, 3.63) is 119 Å². The molecule has 2 bridgehead atoms. The van der Waals surface area contributed by atoms with Gasteiger partial charge in [0.05, 0.1) is 36.4 Å². The smallest absolute Gasteiger partial charge is 0.455 e. The molecule has 7 rings (SSSR count). The van der Waals surface area contributed by atoms with Crippen molar-refractivity contribution in [2.75, 3.05) is 20.0 Å².